The van der Waals surface area contributed by atoms with Gasteiger partial charge in [0.15, 0.2) is 0 Å². The number of amides is 1. The van der Waals surface area contributed by atoms with Crippen LogP contribution in [0.1, 0.15) is 21.5 Å². The normalized spacial score (nSPS) is 10.5. The summed E-state index contributed by atoms with van der Waals surface area (Å²) >= 11 is 0. The summed E-state index contributed by atoms with van der Waals surface area (Å²) in [6.45, 7) is 0.880. The zero-order valence-electron chi connectivity index (χ0n) is 16.6. The van der Waals surface area contributed by atoms with E-state index in [1.54, 1.807) is 0 Å². The van der Waals surface area contributed by atoms with Crippen molar-refractivity contribution >= 4 is 5.91 Å². The summed E-state index contributed by atoms with van der Waals surface area (Å²) in [5.74, 6) is 0.681. The minimum atomic E-state index is -0.0993. The minimum Gasteiger partial charge on any atom is -0.489 e. The predicted octanol–water partition coefficient (Wildman–Crippen LogP) is 4.42. The SMILES string of the molecule is O=C(NCCc1cnn(-c2ccccc2)c1)c1ccccc1COc1ccccc1. The van der Waals surface area contributed by atoms with Gasteiger partial charge in [0.1, 0.15) is 12.4 Å². The maximum absolute atomic E-state index is 12.7. The molecule has 0 fully saturated rings. The van der Waals surface area contributed by atoms with Crippen LogP contribution in [0.3, 0.4) is 0 Å². The largest absolute Gasteiger partial charge is 0.489 e. The van der Waals surface area contributed by atoms with E-state index in [2.05, 4.69) is 10.4 Å². The Labute approximate surface area is 175 Å². The number of hydrogen-bond donors (Lipinski definition) is 1. The van der Waals surface area contributed by atoms with Crippen molar-refractivity contribution in [3.63, 3.8) is 0 Å². The van der Waals surface area contributed by atoms with Crippen molar-refractivity contribution in [1.82, 2.24) is 15.1 Å². The van der Waals surface area contributed by atoms with Crippen molar-refractivity contribution in [2.24, 2.45) is 0 Å². The second-order valence-corrected chi connectivity index (χ2v) is 6.89. The monoisotopic (exact) mass is 397 g/mol. The van der Waals surface area contributed by atoms with Gasteiger partial charge in [0, 0.05) is 23.9 Å². The first-order chi connectivity index (χ1) is 14.8. The molecular weight excluding hydrogens is 374 g/mol. The van der Waals surface area contributed by atoms with Gasteiger partial charge in [-0.3, -0.25) is 4.79 Å². The van der Waals surface area contributed by atoms with E-state index in [-0.39, 0.29) is 5.91 Å². The second-order valence-electron chi connectivity index (χ2n) is 6.89. The fraction of sp³-hybridized carbons (Fsp3) is 0.120. The van der Waals surface area contributed by atoms with Gasteiger partial charge in [0.25, 0.3) is 5.91 Å². The lowest BCUT2D eigenvalue weighted by atomic mass is 10.1. The first-order valence-electron chi connectivity index (χ1n) is 9.92. The summed E-state index contributed by atoms with van der Waals surface area (Å²) in [5.41, 5.74) is 3.57. The Kier molecular flexibility index (Phi) is 6.20. The summed E-state index contributed by atoms with van der Waals surface area (Å²) in [5, 5.41) is 7.40. The average Bonchev–Trinajstić information content (AvgIpc) is 3.28. The Morgan fingerprint density at radius 3 is 2.40 bits per heavy atom. The van der Waals surface area contributed by atoms with Gasteiger partial charge in [-0.1, -0.05) is 54.6 Å². The average molecular weight is 397 g/mol. The van der Waals surface area contributed by atoms with Crippen LogP contribution in [0.5, 0.6) is 5.75 Å². The van der Waals surface area contributed by atoms with Crippen LogP contribution in [0.4, 0.5) is 0 Å². The van der Waals surface area contributed by atoms with E-state index in [1.165, 1.54) is 0 Å². The molecule has 150 valence electrons. The third kappa shape index (κ3) is 4.94. The molecule has 0 saturated heterocycles. The number of hydrogen-bond acceptors (Lipinski definition) is 3. The molecule has 0 aliphatic heterocycles. The number of ether oxygens (including phenoxy) is 1. The van der Waals surface area contributed by atoms with E-state index in [0.29, 0.717) is 25.1 Å². The van der Waals surface area contributed by atoms with Crippen molar-refractivity contribution in [1.29, 1.82) is 0 Å². The number of nitrogens with zero attached hydrogens (tertiary/aromatic N) is 2. The van der Waals surface area contributed by atoms with Crippen molar-refractivity contribution in [2.75, 3.05) is 6.54 Å². The molecule has 0 unspecified atom stereocenters. The van der Waals surface area contributed by atoms with Crippen LogP contribution < -0.4 is 10.1 Å². The Morgan fingerprint density at radius 1 is 0.900 bits per heavy atom. The first kappa shape index (κ1) is 19.5. The van der Waals surface area contributed by atoms with Crippen molar-refractivity contribution in [3.05, 3.63) is 114 Å². The highest BCUT2D eigenvalue weighted by atomic mass is 16.5. The van der Waals surface area contributed by atoms with Crippen LogP contribution in [0.2, 0.25) is 0 Å². The quantitative estimate of drug-likeness (QED) is 0.479. The molecule has 0 saturated carbocycles. The van der Waals surface area contributed by atoms with Crippen LogP contribution in [0.25, 0.3) is 5.69 Å². The smallest absolute Gasteiger partial charge is 0.251 e. The van der Waals surface area contributed by atoms with Crippen molar-refractivity contribution in [2.45, 2.75) is 13.0 Å². The molecule has 1 aromatic heterocycles. The Morgan fingerprint density at radius 2 is 1.60 bits per heavy atom. The first-order valence-corrected chi connectivity index (χ1v) is 9.92. The molecule has 1 N–H and O–H groups in total. The Hall–Kier alpha value is -3.86. The van der Waals surface area contributed by atoms with E-state index >= 15 is 0 Å². The predicted molar refractivity (Wildman–Crippen MR) is 117 cm³/mol. The van der Waals surface area contributed by atoms with Gasteiger partial charge in [-0.25, -0.2) is 4.68 Å². The topological polar surface area (TPSA) is 56.2 Å². The maximum Gasteiger partial charge on any atom is 0.251 e. The van der Waals surface area contributed by atoms with Crippen LogP contribution in [-0.4, -0.2) is 22.2 Å². The zero-order chi connectivity index (χ0) is 20.6. The molecule has 1 amide bonds. The van der Waals surface area contributed by atoms with Crippen molar-refractivity contribution < 1.29 is 9.53 Å². The van der Waals surface area contributed by atoms with Crippen LogP contribution in [-0.2, 0) is 13.0 Å². The minimum absolute atomic E-state index is 0.0993. The molecule has 4 aromatic rings. The Bertz CT molecular complexity index is 1090. The van der Waals surface area contributed by atoms with E-state index in [0.717, 1.165) is 22.6 Å². The van der Waals surface area contributed by atoms with Gasteiger partial charge in [0.05, 0.1) is 11.9 Å². The number of carbonyl (C=O) groups is 1. The molecule has 0 bridgehead atoms. The van der Waals surface area contributed by atoms with Gasteiger partial charge in [-0.2, -0.15) is 5.10 Å². The number of carbonyl (C=O) groups excluding carboxylic acids is 1. The summed E-state index contributed by atoms with van der Waals surface area (Å²) in [4.78, 5) is 12.7. The third-order valence-electron chi connectivity index (χ3n) is 4.76. The Balaban J connectivity index is 1.33. The molecule has 0 spiro atoms. The second kappa shape index (κ2) is 9.56. The molecule has 0 atom stereocenters. The fourth-order valence-electron chi connectivity index (χ4n) is 3.17. The van der Waals surface area contributed by atoms with Gasteiger partial charge in [-0.15, -0.1) is 0 Å². The summed E-state index contributed by atoms with van der Waals surface area (Å²) in [6.07, 6.45) is 4.53. The van der Waals surface area contributed by atoms with Crippen LogP contribution in [0, 0.1) is 0 Å². The van der Waals surface area contributed by atoms with Gasteiger partial charge < -0.3 is 10.1 Å². The number of para-hydroxylation sites is 2. The van der Waals surface area contributed by atoms with E-state index < -0.39 is 0 Å². The van der Waals surface area contributed by atoms with Crippen LogP contribution >= 0.6 is 0 Å². The van der Waals surface area contributed by atoms with E-state index in [1.807, 2.05) is 102 Å². The van der Waals surface area contributed by atoms with E-state index in [4.69, 9.17) is 4.74 Å². The lowest BCUT2D eigenvalue weighted by Crippen LogP contribution is -2.26. The summed E-state index contributed by atoms with van der Waals surface area (Å²) in [7, 11) is 0. The lowest BCUT2D eigenvalue weighted by Gasteiger charge is -2.11. The highest BCUT2D eigenvalue weighted by molar-refractivity contribution is 5.95. The molecule has 5 heteroatoms. The fourth-order valence-corrected chi connectivity index (χ4v) is 3.17. The maximum atomic E-state index is 12.7. The number of aromatic nitrogens is 2. The number of rotatable bonds is 8. The molecule has 1 heterocycles. The zero-order valence-corrected chi connectivity index (χ0v) is 16.6. The lowest BCUT2D eigenvalue weighted by molar-refractivity contribution is 0.0951. The molecule has 4 rings (SSSR count). The molecule has 3 aromatic carbocycles. The van der Waals surface area contributed by atoms with Gasteiger partial charge in [-0.05, 0) is 42.3 Å². The highest BCUT2D eigenvalue weighted by Gasteiger charge is 2.11. The molecule has 30 heavy (non-hydrogen) atoms. The highest BCUT2D eigenvalue weighted by Crippen LogP contribution is 2.15. The number of benzene rings is 3. The van der Waals surface area contributed by atoms with Gasteiger partial charge >= 0.3 is 0 Å². The molecular formula is C25H23N3O2. The summed E-state index contributed by atoms with van der Waals surface area (Å²) in [6, 6.07) is 27.1. The molecule has 0 aliphatic rings. The number of nitrogens with one attached hydrogen (secondary N) is 1. The van der Waals surface area contributed by atoms with Crippen LogP contribution in [0.15, 0.2) is 97.3 Å². The summed E-state index contributed by atoms with van der Waals surface area (Å²) < 4.78 is 7.65. The molecule has 5 nitrogen and oxygen atoms in total. The van der Waals surface area contributed by atoms with Gasteiger partial charge in [0.2, 0.25) is 0 Å². The molecule has 0 aliphatic carbocycles. The van der Waals surface area contributed by atoms with Crippen molar-refractivity contribution in [3.8, 4) is 11.4 Å². The van der Waals surface area contributed by atoms with E-state index in [9.17, 15) is 4.79 Å². The molecule has 0 radical (unpaired) electrons. The third-order valence-corrected chi connectivity index (χ3v) is 4.76. The standard InChI is InChI=1S/C25H23N3O2/c29-25(24-14-8-7-9-21(24)19-30-23-12-5-2-6-13-23)26-16-15-20-17-27-28(18-20)22-10-3-1-4-11-22/h1-14,17-18H,15-16,19H2,(H,26,29).